The summed E-state index contributed by atoms with van der Waals surface area (Å²) >= 11 is 0. The number of halogens is 6. The van der Waals surface area contributed by atoms with E-state index in [-0.39, 0.29) is 56.0 Å². The molecular formula is C34H37F6N5O6S. The van der Waals surface area contributed by atoms with Crippen molar-refractivity contribution in [3.05, 3.63) is 90.0 Å². The van der Waals surface area contributed by atoms with Gasteiger partial charge in [-0.2, -0.15) is 26.3 Å². The molecule has 2 aromatic rings. The fraction of sp³-hybridized carbons (Fsp3) is 0.441. The van der Waals surface area contributed by atoms with Gasteiger partial charge in [-0.3, -0.25) is 14.4 Å². The Balaban J connectivity index is 1.31. The first-order chi connectivity index (χ1) is 24.4. The minimum absolute atomic E-state index is 0.0137. The number of nitrogens with zero attached hydrogens (tertiary/aromatic N) is 2. The van der Waals surface area contributed by atoms with Crippen molar-refractivity contribution in [2.75, 3.05) is 38.5 Å². The Morgan fingerprint density at radius 3 is 2.17 bits per heavy atom. The summed E-state index contributed by atoms with van der Waals surface area (Å²) in [6.07, 6.45) is -8.52. The molecule has 3 fully saturated rings. The summed E-state index contributed by atoms with van der Waals surface area (Å²) in [5.74, 6) is -3.19. The molecule has 11 nitrogen and oxygen atoms in total. The van der Waals surface area contributed by atoms with Crippen LogP contribution >= 0.6 is 0 Å². The van der Waals surface area contributed by atoms with Crippen LogP contribution in [0.4, 0.5) is 32.0 Å². The standard InChI is InChI=1S/C34H37F6N5O6S/c1-4-30(46)44-14-24(32(48)41-3)26(15-44)42-21-9-10-22(25(12-21)34(38,39)40)23-13-29(23)52(49,50)43-27-16-45(31(47)5-2)17-28(27)51-18-19-7-6-8-20(11-19)33(35,36)37/h4-12,23-24,26-29,42-43H,1-2,13-18H2,3H3,(H,41,48)/t23?,24-,26-,27-,28-,29?/m1/s1. The molecule has 2 unspecified atom stereocenters. The third-order valence-electron chi connectivity index (χ3n) is 9.42. The highest BCUT2D eigenvalue weighted by Gasteiger charge is 2.53. The van der Waals surface area contributed by atoms with Crippen molar-refractivity contribution >= 4 is 33.4 Å². The van der Waals surface area contributed by atoms with Crippen LogP contribution in [0.3, 0.4) is 0 Å². The number of carbonyl (C=O) groups is 3. The number of amides is 3. The average molecular weight is 758 g/mol. The molecule has 52 heavy (non-hydrogen) atoms. The van der Waals surface area contributed by atoms with E-state index < -0.39 is 86.5 Å². The highest BCUT2D eigenvalue weighted by atomic mass is 32.2. The number of alkyl halides is 6. The first-order valence-corrected chi connectivity index (χ1v) is 17.7. The molecule has 3 aliphatic rings. The largest absolute Gasteiger partial charge is 0.416 e. The van der Waals surface area contributed by atoms with E-state index >= 15 is 0 Å². The second-order valence-electron chi connectivity index (χ2n) is 12.9. The Hall–Kier alpha value is -4.42. The molecule has 1 saturated carbocycles. The number of anilines is 1. The first-order valence-electron chi connectivity index (χ1n) is 16.2. The summed E-state index contributed by atoms with van der Waals surface area (Å²) in [6, 6.07) is 5.98. The van der Waals surface area contributed by atoms with Gasteiger partial charge in [0.1, 0.15) is 0 Å². The monoisotopic (exact) mass is 757 g/mol. The molecule has 0 aromatic heterocycles. The number of carbonyl (C=O) groups excluding carboxylic acids is 3. The number of sulfonamides is 1. The van der Waals surface area contributed by atoms with E-state index in [2.05, 4.69) is 28.5 Å². The summed E-state index contributed by atoms with van der Waals surface area (Å²) in [6.45, 7) is 6.29. The van der Waals surface area contributed by atoms with Crippen LogP contribution in [0.5, 0.6) is 0 Å². The zero-order valence-electron chi connectivity index (χ0n) is 27.8. The van der Waals surface area contributed by atoms with Gasteiger partial charge in [-0.25, -0.2) is 13.1 Å². The molecule has 0 radical (unpaired) electrons. The number of benzene rings is 2. The maximum absolute atomic E-state index is 14.4. The van der Waals surface area contributed by atoms with Gasteiger partial charge >= 0.3 is 12.4 Å². The average Bonchev–Trinajstić information content (AvgIpc) is 3.66. The van der Waals surface area contributed by atoms with E-state index in [4.69, 9.17) is 4.74 Å². The molecule has 5 rings (SSSR count). The Morgan fingerprint density at radius 1 is 0.904 bits per heavy atom. The highest BCUT2D eigenvalue weighted by Crippen LogP contribution is 2.50. The van der Waals surface area contributed by atoms with Gasteiger partial charge in [0.15, 0.2) is 0 Å². The fourth-order valence-corrected chi connectivity index (χ4v) is 8.55. The molecule has 3 amide bonds. The quantitative estimate of drug-likeness (QED) is 0.222. The van der Waals surface area contributed by atoms with Crippen molar-refractivity contribution in [2.45, 2.75) is 54.7 Å². The summed E-state index contributed by atoms with van der Waals surface area (Å²) in [7, 11) is -2.91. The van der Waals surface area contributed by atoms with E-state index in [1.807, 2.05) is 0 Å². The Bertz CT molecular complexity index is 1840. The Morgan fingerprint density at radius 2 is 1.56 bits per heavy atom. The van der Waals surface area contributed by atoms with E-state index in [9.17, 15) is 49.1 Å². The molecule has 2 heterocycles. The molecular weight excluding hydrogens is 720 g/mol. The lowest BCUT2D eigenvalue weighted by molar-refractivity contribution is -0.138. The topological polar surface area (TPSA) is 137 Å². The van der Waals surface area contributed by atoms with E-state index in [1.54, 1.807) is 0 Å². The number of hydrogen-bond acceptors (Lipinski definition) is 7. The molecule has 3 N–H and O–H groups in total. The van der Waals surface area contributed by atoms with E-state index in [0.717, 1.165) is 30.4 Å². The van der Waals surface area contributed by atoms with Crippen molar-refractivity contribution in [1.29, 1.82) is 0 Å². The number of rotatable bonds is 12. The van der Waals surface area contributed by atoms with Crippen LogP contribution in [-0.4, -0.2) is 92.6 Å². The second-order valence-corrected chi connectivity index (χ2v) is 14.8. The smallest absolute Gasteiger partial charge is 0.380 e. The van der Waals surface area contributed by atoms with Crippen molar-refractivity contribution in [3.8, 4) is 0 Å². The Kier molecular flexibility index (Phi) is 11.1. The third kappa shape index (κ3) is 8.61. The number of ether oxygens (including phenoxy) is 1. The summed E-state index contributed by atoms with van der Waals surface area (Å²) in [4.78, 5) is 39.7. The van der Waals surface area contributed by atoms with E-state index in [0.29, 0.717) is 0 Å². The fourth-order valence-electron chi connectivity index (χ4n) is 6.69. The van der Waals surface area contributed by atoms with Crippen molar-refractivity contribution < 1.29 is 53.9 Å². The molecule has 2 aromatic carbocycles. The van der Waals surface area contributed by atoms with Gasteiger partial charge in [0.05, 0.1) is 47.1 Å². The summed E-state index contributed by atoms with van der Waals surface area (Å²) < 4.78 is 118. The predicted octanol–water partition coefficient (Wildman–Crippen LogP) is 3.65. The van der Waals surface area contributed by atoms with Gasteiger partial charge in [-0.1, -0.05) is 31.4 Å². The van der Waals surface area contributed by atoms with Crippen molar-refractivity contribution in [1.82, 2.24) is 19.8 Å². The van der Waals surface area contributed by atoms with Gasteiger partial charge in [-0.15, -0.1) is 0 Å². The van der Waals surface area contributed by atoms with Crippen LogP contribution < -0.4 is 15.4 Å². The van der Waals surface area contributed by atoms with E-state index in [1.165, 1.54) is 41.1 Å². The van der Waals surface area contributed by atoms with Crippen LogP contribution in [0.2, 0.25) is 0 Å². The number of likely N-dealkylation sites (tertiary alicyclic amines) is 2. The van der Waals surface area contributed by atoms with Crippen LogP contribution in [0.1, 0.15) is 34.6 Å². The van der Waals surface area contributed by atoms with Gasteiger partial charge in [0.25, 0.3) is 0 Å². The summed E-state index contributed by atoms with van der Waals surface area (Å²) in [5.41, 5.74) is -2.05. The molecule has 6 atom stereocenters. The lowest BCUT2D eigenvalue weighted by atomic mass is 9.99. The Labute approximate surface area is 296 Å². The van der Waals surface area contributed by atoms with Crippen LogP contribution in [0.25, 0.3) is 0 Å². The first kappa shape index (κ1) is 38.8. The van der Waals surface area contributed by atoms with Gasteiger partial charge in [0.2, 0.25) is 27.7 Å². The zero-order chi connectivity index (χ0) is 38.2. The zero-order valence-corrected chi connectivity index (χ0v) is 28.7. The van der Waals surface area contributed by atoms with Crippen LogP contribution in [0, 0.1) is 5.92 Å². The third-order valence-corrected chi connectivity index (χ3v) is 11.4. The highest BCUT2D eigenvalue weighted by molar-refractivity contribution is 7.90. The molecule has 2 aliphatic heterocycles. The van der Waals surface area contributed by atoms with Crippen LogP contribution in [-0.2, 0) is 48.1 Å². The normalized spacial score (nSPS) is 24.8. The number of nitrogens with one attached hydrogen (secondary N) is 3. The minimum atomic E-state index is -4.88. The minimum Gasteiger partial charge on any atom is -0.380 e. The molecule has 1 aliphatic carbocycles. The SMILES string of the molecule is C=CC(=O)N1C[C@@H](NS(=O)(=O)C2CC2c2ccc(N[C@@H]3CN(C(=O)C=C)C[C@H]3C(=O)NC)cc2C(F)(F)F)[C@H](OCc2cccc(C(F)(F)F)c2)C1. The molecule has 2 saturated heterocycles. The van der Waals surface area contributed by atoms with Crippen LogP contribution in [0.15, 0.2) is 67.8 Å². The predicted molar refractivity (Wildman–Crippen MR) is 177 cm³/mol. The maximum atomic E-state index is 14.4. The summed E-state index contributed by atoms with van der Waals surface area (Å²) in [5, 5.41) is 4.17. The van der Waals surface area contributed by atoms with Crippen molar-refractivity contribution in [3.63, 3.8) is 0 Å². The molecule has 0 bridgehead atoms. The van der Waals surface area contributed by atoms with Gasteiger partial charge in [-0.05, 0) is 54.0 Å². The molecule has 18 heteroatoms. The molecule has 282 valence electrons. The maximum Gasteiger partial charge on any atom is 0.416 e. The number of hydrogen-bond donors (Lipinski definition) is 3. The molecule has 0 spiro atoms. The lowest BCUT2D eigenvalue weighted by Gasteiger charge is -2.22. The van der Waals surface area contributed by atoms with Gasteiger partial charge in [0, 0.05) is 44.8 Å². The van der Waals surface area contributed by atoms with Crippen molar-refractivity contribution in [2.24, 2.45) is 5.92 Å². The second kappa shape index (κ2) is 14.9. The van der Waals surface area contributed by atoms with Gasteiger partial charge < -0.3 is 25.2 Å². The lowest BCUT2D eigenvalue weighted by Crippen LogP contribution is -2.45.